The van der Waals surface area contributed by atoms with Gasteiger partial charge in [-0.25, -0.2) is 8.78 Å². The van der Waals surface area contributed by atoms with E-state index in [0.717, 1.165) is 44.8 Å². The van der Waals surface area contributed by atoms with Crippen LogP contribution in [0.15, 0.2) is 18.2 Å². The van der Waals surface area contributed by atoms with Crippen LogP contribution in [0.1, 0.15) is 105 Å². The lowest BCUT2D eigenvalue weighted by Gasteiger charge is -2.31. The Morgan fingerprint density at radius 1 is 1.09 bits per heavy atom. The predicted molar refractivity (Wildman–Crippen MR) is 140 cm³/mol. The van der Waals surface area contributed by atoms with Gasteiger partial charge < -0.3 is 10.1 Å². The van der Waals surface area contributed by atoms with Gasteiger partial charge in [0.15, 0.2) is 0 Å². The summed E-state index contributed by atoms with van der Waals surface area (Å²) >= 11 is 0. The normalized spacial score (nSPS) is 16.0. The molecule has 1 saturated heterocycles. The molecule has 1 heterocycles. The average molecular weight is 485 g/mol. The fraction of sp³-hybridized carbons (Fsp3) is 0.714. The Bertz CT molecular complexity index is 644. The molecule has 1 N–H and O–H groups in total. The Labute approximate surface area is 207 Å². The van der Waals surface area contributed by atoms with Gasteiger partial charge in [-0.2, -0.15) is 0 Å². The number of halogens is 2. The number of hydrogen-bond acceptors (Lipinski definition) is 3. The van der Waals surface area contributed by atoms with Crippen LogP contribution in [0.3, 0.4) is 0 Å². The Balaban J connectivity index is 0. The van der Waals surface area contributed by atoms with Crippen molar-refractivity contribution in [1.29, 1.82) is 0 Å². The highest BCUT2D eigenvalue weighted by Gasteiger charge is 2.32. The maximum absolute atomic E-state index is 13.7. The smallest absolute Gasteiger partial charge is 0.207 e. The summed E-state index contributed by atoms with van der Waals surface area (Å²) in [7, 11) is 0. The Hall–Kier alpha value is -1.82. The van der Waals surface area contributed by atoms with Gasteiger partial charge in [-0.3, -0.25) is 9.69 Å². The fourth-order valence-electron chi connectivity index (χ4n) is 3.14. The molecule has 0 aliphatic carbocycles. The lowest BCUT2D eigenvalue weighted by atomic mass is 9.97. The highest BCUT2D eigenvalue weighted by atomic mass is 19.1. The van der Waals surface area contributed by atoms with E-state index < -0.39 is 11.6 Å². The van der Waals surface area contributed by atoms with Gasteiger partial charge in [-0.15, -0.1) is 0 Å². The first-order valence-electron chi connectivity index (χ1n) is 12.8. The number of likely N-dealkylation sites (tertiary alicyclic amines) is 1. The van der Waals surface area contributed by atoms with Crippen molar-refractivity contribution >= 4 is 12.7 Å². The molecule has 1 unspecified atom stereocenters. The zero-order chi connectivity index (χ0) is 26.6. The second kappa shape index (κ2) is 20.5. The number of carbonyl (C=O) groups is 2. The molecular formula is C28H50F2N2O2. The molecule has 0 aromatic heterocycles. The van der Waals surface area contributed by atoms with E-state index in [1.165, 1.54) is 31.7 Å². The second-order valence-electron chi connectivity index (χ2n) is 9.67. The van der Waals surface area contributed by atoms with Crippen LogP contribution in [-0.4, -0.2) is 42.8 Å². The van der Waals surface area contributed by atoms with E-state index in [2.05, 4.69) is 44.8 Å². The Morgan fingerprint density at radius 2 is 1.68 bits per heavy atom. The summed E-state index contributed by atoms with van der Waals surface area (Å²) in [6.07, 6.45) is 9.10. The molecule has 1 aliphatic heterocycles. The quantitative estimate of drug-likeness (QED) is 0.316. The highest BCUT2D eigenvalue weighted by molar-refractivity contribution is 5.52. The van der Waals surface area contributed by atoms with Crippen molar-refractivity contribution in [2.45, 2.75) is 105 Å². The molecule has 1 aliphatic rings. The standard InChI is InChI=1S/C14H19F2N.C6H14.C5H10O.C3H7NO/c1-14(2,3)17-7-6-10(9-17)12-5-4-11(15)8-13(12)16;1-3-5-6-4-2;1-3-5(2)4-6;1-2-4-3-5/h4-5,8,10H,6-7,9H2,1-3H3;3-6H2,1-2H3;4-5H,3H2,1-2H3;3H,2H2,1H3,(H,4,5)/t10-;;;/m0.../s1. The van der Waals surface area contributed by atoms with Crippen LogP contribution >= 0.6 is 0 Å². The predicted octanol–water partition coefficient (Wildman–Crippen LogP) is 7.12. The molecule has 6 heteroatoms. The monoisotopic (exact) mass is 484 g/mol. The van der Waals surface area contributed by atoms with Crippen LogP contribution in [0.2, 0.25) is 0 Å². The van der Waals surface area contributed by atoms with Crippen LogP contribution in [0.5, 0.6) is 0 Å². The van der Waals surface area contributed by atoms with Gasteiger partial charge in [0.1, 0.15) is 17.9 Å². The summed E-state index contributed by atoms with van der Waals surface area (Å²) in [5.41, 5.74) is 0.767. The summed E-state index contributed by atoms with van der Waals surface area (Å²) < 4.78 is 26.5. The summed E-state index contributed by atoms with van der Waals surface area (Å²) in [5, 5.41) is 2.43. The van der Waals surface area contributed by atoms with Crippen LogP contribution in [0.4, 0.5) is 8.78 Å². The van der Waals surface area contributed by atoms with Crippen LogP contribution < -0.4 is 5.32 Å². The van der Waals surface area contributed by atoms with E-state index >= 15 is 0 Å². The summed E-state index contributed by atoms with van der Waals surface area (Å²) in [6, 6.07) is 3.91. The third-order valence-electron chi connectivity index (χ3n) is 5.66. The minimum absolute atomic E-state index is 0.116. The number of amides is 1. The van der Waals surface area contributed by atoms with Crippen molar-refractivity contribution in [3.8, 4) is 0 Å². The van der Waals surface area contributed by atoms with Gasteiger partial charge in [-0.05, 0) is 58.7 Å². The molecule has 0 spiro atoms. The van der Waals surface area contributed by atoms with Crippen molar-refractivity contribution in [2.75, 3.05) is 19.6 Å². The summed E-state index contributed by atoms with van der Waals surface area (Å²) in [4.78, 5) is 21.4. The minimum Gasteiger partial charge on any atom is -0.359 e. The molecule has 2 rings (SSSR count). The van der Waals surface area contributed by atoms with E-state index in [1.807, 2.05) is 20.8 Å². The van der Waals surface area contributed by atoms with Crippen molar-refractivity contribution in [3.05, 3.63) is 35.4 Å². The van der Waals surface area contributed by atoms with E-state index in [4.69, 9.17) is 0 Å². The first-order valence-corrected chi connectivity index (χ1v) is 12.8. The van der Waals surface area contributed by atoms with Crippen molar-refractivity contribution in [1.82, 2.24) is 10.2 Å². The number of benzene rings is 1. The second-order valence-corrected chi connectivity index (χ2v) is 9.67. The van der Waals surface area contributed by atoms with Crippen LogP contribution in [0, 0.1) is 17.6 Å². The number of aldehydes is 1. The van der Waals surface area contributed by atoms with Gasteiger partial charge in [0, 0.05) is 36.5 Å². The molecule has 4 nitrogen and oxygen atoms in total. The maximum atomic E-state index is 13.7. The molecule has 1 amide bonds. The first kappa shape index (κ1) is 34.3. The molecule has 198 valence electrons. The van der Waals surface area contributed by atoms with E-state index in [9.17, 15) is 18.4 Å². The molecular weight excluding hydrogens is 434 g/mol. The zero-order valence-corrected chi connectivity index (χ0v) is 22.9. The molecule has 1 aromatic carbocycles. The minimum atomic E-state index is -0.503. The van der Waals surface area contributed by atoms with Crippen molar-refractivity contribution in [2.24, 2.45) is 5.92 Å². The molecule has 0 bridgehead atoms. The fourth-order valence-corrected chi connectivity index (χ4v) is 3.14. The van der Waals surface area contributed by atoms with Gasteiger partial charge >= 0.3 is 0 Å². The van der Waals surface area contributed by atoms with E-state index in [0.29, 0.717) is 12.0 Å². The third kappa shape index (κ3) is 16.7. The first-order chi connectivity index (χ1) is 16.0. The lowest BCUT2D eigenvalue weighted by molar-refractivity contribution is -0.111. The Kier molecular flexibility index (Phi) is 20.8. The summed E-state index contributed by atoms with van der Waals surface area (Å²) in [6.45, 7) is 19.3. The van der Waals surface area contributed by atoms with E-state index in [1.54, 1.807) is 6.07 Å². The summed E-state index contributed by atoms with van der Waals surface area (Å²) in [5.74, 6) is -0.470. The number of nitrogens with one attached hydrogen (secondary N) is 1. The number of unbranched alkanes of at least 4 members (excludes halogenated alkanes) is 3. The van der Waals surface area contributed by atoms with Gasteiger partial charge in [-0.1, -0.05) is 59.4 Å². The third-order valence-corrected chi connectivity index (χ3v) is 5.66. The van der Waals surface area contributed by atoms with Gasteiger partial charge in [0.2, 0.25) is 6.41 Å². The topological polar surface area (TPSA) is 49.4 Å². The largest absolute Gasteiger partial charge is 0.359 e. The number of rotatable bonds is 8. The molecule has 0 saturated carbocycles. The van der Waals surface area contributed by atoms with E-state index in [-0.39, 0.29) is 17.4 Å². The maximum Gasteiger partial charge on any atom is 0.207 e. The molecule has 0 radical (unpaired) electrons. The van der Waals surface area contributed by atoms with Crippen LogP contribution in [0.25, 0.3) is 0 Å². The van der Waals surface area contributed by atoms with Crippen LogP contribution in [-0.2, 0) is 9.59 Å². The highest BCUT2D eigenvalue weighted by Crippen LogP contribution is 2.32. The van der Waals surface area contributed by atoms with Gasteiger partial charge in [0.05, 0.1) is 0 Å². The molecule has 2 atom stereocenters. The number of hydrogen-bond donors (Lipinski definition) is 1. The number of carbonyl (C=O) groups excluding carboxylic acids is 2. The van der Waals surface area contributed by atoms with Crippen molar-refractivity contribution < 1.29 is 18.4 Å². The average Bonchev–Trinajstić information content (AvgIpc) is 3.29. The molecule has 34 heavy (non-hydrogen) atoms. The number of nitrogens with zero attached hydrogens (tertiary/aromatic N) is 1. The van der Waals surface area contributed by atoms with Crippen molar-refractivity contribution in [3.63, 3.8) is 0 Å². The lowest BCUT2D eigenvalue weighted by Crippen LogP contribution is -2.39. The van der Waals surface area contributed by atoms with Gasteiger partial charge in [0.25, 0.3) is 0 Å². The zero-order valence-electron chi connectivity index (χ0n) is 22.9. The molecule has 1 aromatic rings. The Morgan fingerprint density at radius 3 is 1.97 bits per heavy atom. The SMILES string of the molecule is CC(C)(C)N1CC[C@H](c2ccc(F)cc2F)C1.CCC(C)C=O.CCCCCC.CCNC=O. The molecule has 1 fully saturated rings.